The average molecular weight is 458 g/mol. The van der Waals surface area contributed by atoms with E-state index in [9.17, 15) is 9.59 Å². The number of piperidine rings is 1. The fourth-order valence-corrected chi connectivity index (χ4v) is 4.65. The second kappa shape index (κ2) is 8.28. The summed E-state index contributed by atoms with van der Waals surface area (Å²) in [5.41, 5.74) is 1.18. The largest absolute Gasteiger partial charge is 0.497 e. The molecule has 1 saturated heterocycles. The van der Waals surface area contributed by atoms with E-state index in [1.807, 2.05) is 56.0 Å². The van der Waals surface area contributed by atoms with Crippen molar-refractivity contribution in [2.75, 3.05) is 20.2 Å². The Hall–Kier alpha value is -2.80. The van der Waals surface area contributed by atoms with Crippen LogP contribution in [0.1, 0.15) is 55.2 Å². The molecule has 170 valence electrons. The molecule has 0 bridgehead atoms. The van der Waals surface area contributed by atoms with Crippen molar-refractivity contribution in [2.24, 2.45) is 0 Å². The zero-order valence-corrected chi connectivity index (χ0v) is 19.6. The molecule has 1 spiro atoms. The molecular weight excluding hydrogens is 430 g/mol. The number of ether oxygens (including phenoxy) is 2. The van der Waals surface area contributed by atoms with Crippen molar-refractivity contribution >= 4 is 23.6 Å². The van der Waals surface area contributed by atoms with Crippen LogP contribution in [0.4, 0.5) is 4.79 Å². The number of aromatic nitrogens is 1. The van der Waals surface area contributed by atoms with Crippen molar-refractivity contribution in [3.8, 4) is 5.75 Å². The Labute approximate surface area is 193 Å². The highest BCUT2D eigenvalue weighted by Crippen LogP contribution is 2.47. The molecule has 1 aromatic heterocycles. The second-order valence-electron chi connectivity index (χ2n) is 9.27. The highest BCUT2D eigenvalue weighted by atomic mass is 35.5. The predicted octanol–water partition coefficient (Wildman–Crippen LogP) is 4.63. The maximum atomic E-state index is 13.4. The summed E-state index contributed by atoms with van der Waals surface area (Å²) in [5, 5.41) is 0.296. The van der Waals surface area contributed by atoms with Gasteiger partial charge in [-0.15, -0.1) is 0 Å². The quantitative estimate of drug-likeness (QED) is 0.628. The molecule has 2 aliphatic heterocycles. The topological polar surface area (TPSA) is 72.0 Å². The van der Waals surface area contributed by atoms with Crippen molar-refractivity contribution in [1.82, 2.24) is 14.8 Å². The van der Waals surface area contributed by atoms with Crippen LogP contribution in [0.25, 0.3) is 0 Å². The summed E-state index contributed by atoms with van der Waals surface area (Å²) >= 11 is 6.12. The second-order valence-corrected chi connectivity index (χ2v) is 9.66. The first-order chi connectivity index (χ1) is 15.1. The first-order valence-electron chi connectivity index (χ1n) is 10.7. The highest BCUT2D eigenvalue weighted by molar-refractivity contribution is 6.29. The van der Waals surface area contributed by atoms with Crippen LogP contribution in [-0.4, -0.2) is 52.6 Å². The molecule has 0 unspecified atom stereocenters. The van der Waals surface area contributed by atoms with Crippen molar-refractivity contribution in [1.29, 1.82) is 0 Å². The number of likely N-dealkylation sites (tertiary alicyclic amines) is 1. The Morgan fingerprint density at radius 3 is 2.38 bits per heavy atom. The summed E-state index contributed by atoms with van der Waals surface area (Å²) in [7, 11) is 1.62. The monoisotopic (exact) mass is 457 g/mol. The van der Waals surface area contributed by atoms with Crippen molar-refractivity contribution in [2.45, 2.75) is 51.3 Å². The number of methoxy groups -OCH3 is 1. The molecular formula is C24H28ClN3O4. The van der Waals surface area contributed by atoms with E-state index in [-0.39, 0.29) is 12.0 Å². The van der Waals surface area contributed by atoms with Gasteiger partial charge in [0.25, 0.3) is 5.91 Å². The van der Waals surface area contributed by atoms with Crippen molar-refractivity contribution in [3.63, 3.8) is 0 Å². The van der Waals surface area contributed by atoms with E-state index >= 15 is 0 Å². The lowest BCUT2D eigenvalue weighted by atomic mass is 9.81. The Morgan fingerprint density at radius 2 is 1.78 bits per heavy atom. The van der Waals surface area contributed by atoms with Gasteiger partial charge in [-0.25, -0.2) is 9.78 Å². The third-order valence-corrected chi connectivity index (χ3v) is 6.28. The number of nitrogens with zero attached hydrogens (tertiary/aromatic N) is 3. The number of carbonyl (C=O) groups excluding carboxylic acids is 2. The fourth-order valence-electron chi connectivity index (χ4n) is 4.50. The Balaban J connectivity index is 1.63. The van der Waals surface area contributed by atoms with Gasteiger partial charge in [0, 0.05) is 25.2 Å². The molecule has 0 N–H and O–H groups in total. The highest BCUT2D eigenvalue weighted by Gasteiger charge is 2.52. The standard InChI is InChI=1S/C24H28ClN3O4/c1-23(2,3)32-22(30)27-13-11-24(12-14-27)18-9-10-19(25)26-20(18)21(29)28(24)15-16-5-7-17(31-4)8-6-16/h5-10H,11-15H2,1-4H3. The molecule has 0 atom stereocenters. The van der Waals surface area contributed by atoms with Gasteiger partial charge < -0.3 is 19.3 Å². The van der Waals surface area contributed by atoms with Gasteiger partial charge in [-0.2, -0.15) is 0 Å². The summed E-state index contributed by atoms with van der Waals surface area (Å²) in [6.07, 6.45) is 0.877. The van der Waals surface area contributed by atoms with E-state index in [1.54, 1.807) is 18.1 Å². The molecule has 4 rings (SSSR count). The van der Waals surface area contributed by atoms with E-state index in [0.29, 0.717) is 43.3 Å². The molecule has 2 aliphatic rings. The van der Waals surface area contributed by atoms with Gasteiger partial charge in [0.1, 0.15) is 22.2 Å². The normalized spacial score (nSPS) is 17.5. The van der Waals surface area contributed by atoms with Crippen molar-refractivity contribution in [3.05, 3.63) is 58.4 Å². The number of benzene rings is 1. The lowest BCUT2D eigenvalue weighted by Crippen LogP contribution is -2.52. The summed E-state index contributed by atoms with van der Waals surface area (Å²) in [5.74, 6) is 0.627. The van der Waals surface area contributed by atoms with Gasteiger partial charge in [0.15, 0.2) is 0 Å². The predicted molar refractivity (Wildman–Crippen MR) is 121 cm³/mol. The van der Waals surface area contributed by atoms with Crippen LogP contribution < -0.4 is 4.74 Å². The van der Waals surface area contributed by atoms with Crippen LogP contribution >= 0.6 is 11.6 Å². The molecule has 1 fully saturated rings. The minimum absolute atomic E-state index is 0.135. The Bertz CT molecular complexity index is 1020. The van der Waals surface area contributed by atoms with Gasteiger partial charge in [-0.05, 0) is 57.4 Å². The first-order valence-corrected chi connectivity index (χ1v) is 11.1. The van der Waals surface area contributed by atoms with E-state index in [1.165, 1.54) is 0 Å². The number of fused-ring (bicyclic) bond motifs is 2. The number of pyridine rings is 1. The third kappa shape index (κ3) is 4.13. The van der Waals surface area contributed by atoms with Gasteiger partial charge in [0.2, 0.25) is 0 Å². The lowest BCUT2D eigenvalue weighted by molar-refractivity contribution is -0.00221. The zero-order valence-electron chi connectivity index (χ0n) is 18.9. The molecule has 8 heteroatoms. The molecule has 2 amide bonds. The van der Waals surface area contributed by atoms with Crippen LogP contribution in [-0.2, 0) is 16.8 Å². The van der Waals surface area contributed by atoms with Crippen LogP contribution in [0.5, 0.6) is 5.75 Å². The maximum absolute atomic E-state index is 13.4. The maximum Gasteiger partial charge on any atom is 0.410 e. The summed E-state index contributed by atoms with van der Waals surface area (Å²) < 4.78 is 10.8. The fraction of sp³-hybridized carbons (Fsp3) is 0.458. The molecule has 0 radical (unpaired) electrons. The van der Waals surface area contributed by atoms with Gasteiger partial charge in [-0.1, -0.05) is 29.8 Å². The van der Waals surface area contributed by atoms with Gasteiger partial charge in [-0.3, -0.25) is 4.79 Å². The van der Waals surface area contributed by atoms with Gasteiger partial charge in [0.05, 0.1) is 12.6 Å². The summed E-state index contributed by atoms with van der Waals surface area (Å²) in [6, 6.07) is 11.3. The Kier molecular flexibility index (Phi) is 5.79. The number of amides is 2. The summed E-state index contributed by atoms with van der Waals surface area (Å²) in [6.45, 7) is 6.98. The number of hydrogen-bond acceptors (Lipinski definition) is 5. The van der Waals surface area contributed by atoms with E-state index in [2.05, 4.69) is 4.98 Å². The zero-order chi connectivity index (χ0) is 23.1. The van der Waals surface area contributed by atoms with Crippen LogP contribution in [0.15, 0.2) is 36.4 Å². The number of halogens is 1. The van der Waals surface area contributed by atoms with E-state index in [0.717, 1.165) is 16.9 Å². The minimum Gasteiger partial charge on any atom is -0.497 e. The smallest absolute Gasteiger partial charge is 0.410 e. The number of hydrogen-bond donors (Lipinski definition) is 0. The number of carbonyl (C=O) groups is 2. The molecule has 3 heterocycles. The lowest BCUT2D eigenvalue weighted by Gasteiger charge is -2.45. The van der Waals surface area contributed by atoms with Gasteiger partial charge >= 0.3 is 6.09 Å². The van der Waals surface area contributed by atoms with Crippen LogP contribution in [0.2, 0.25) is 5.15 Å². The molecule has 0 saturated carbocycles. The van der Waals surface area contributed by atoms with E-state index < -0.39 is 11.1 Å². The minimum atomic E-state index is -0.552. The van der Waals surface area contributed by atoms with Crippen LogP contribution in [0, 0.1) is 0 Å². The first kappa shape index (κ1) is 22.4. The van der Waals surface area contributed by atoms with E-state index in [4.69, 9.17) is 21.1 Å². The van der Waals surface area contributed by atoms with Crippen molar-refractivity contribution < 1.29 is 19.1 Å². The number of rotatable bonds is 3. The third-order valence-electron chi connectivity index (χ3n) is 6.07. The molecule has 0 aliphatic carbocycles. The molecule has 1 aromatic carbocycles. The summed E-state index contributed by atoms with van der Waals surface area (Å²) in [4.78, 5) is 34.0. The Morgan fingerprint density at radius 1 is 1.12 bits per heavy atom. The average Bonchev–Trinajstić information content (AvgIpc) is 2.96. The molecule has 32 heavy (non-hydrogen) atoms. The molecule has 2 aromatic rings. The molecule has 7 nitrogen and oxygen atoms in total. The SMILES string of the molecule is COc1ccc(CN2C(=O)c3nc(Cl)ccc3C23CCN(C(=O)OC(C)(C)C)CC3)cc1. The van der Waals surface area contributed by atoms with Crippen LogP contribution in [0.3, 0.4) is 0 Å².